The van der Waals surface area contributed by atoms with Crippen molar-refractivity contribution in [2.45, 2.75) is 32.2 Å². The number of nitrogens with zero attached hydrogens (tertiary/aromatic N) is 1. The third-order valence-electron chi connectivity index (χ3n) is 2.60. The van der Waals surface area contributed by atoms with Crippen LogP contribution in [0.2, 0.25) is 0 Å². The van der Waals surface area contributed by atoms with Gasteiger partial charge in [0, 0.05) is 13.1 Å². The van der Waals surface area contributed by atoms with Gasteiger partial charge in [0.15, 0.2) is 0 Å². The van der Waals surface area contributed by atoms with Gasteiger partial charge in [-0.15, -0.1) is 0 Å². The molecule has 1 N–H and O–H groups in total. The summed E-state index contributed by atoms with van der Waals surface area (Å²) in [6.45, 7) is 5.53. The molecule has 72 valence electrons. The lowest BCUT2D eigenvalue weighted by atomic mass is 10.1. The Kier molecular flexibility index (Phi) is 4.58. The molecule has 0 spiro atoms. The molecule has 1 aliphatic rings. The van der Waals surface area contributed by atoms with Crippen LogP contribution in [0.25, 0.3) is 0 Å². The first-order valence-corrected chi connectivity index (χ1v) is 4.91. The Hall–Kier alpha value is -0.120. The van der Waals surface area contributed by atoms with E-state index in [9.17, 15) is 0 Å². The van der Waals surface area contributed by atoms with Crippen molar-refractivity contribution in [3.05, 3.63) is 0 Å². The van der Waals surface area contributed by atoms with Gasteiger partial charge in [0.1, 0.15) is 0 Å². The van der Waals surface area contributed by atoms with Gasteiger partial charge in [0.2, 0.25) is 0 Å². The van der Waals surface area contributed by atoms with Gasteiger partial charge in [-0.1, -0.05) is 6.92 Å². The number of rotatable bonds is 5. The van der Waals surface area contributed by atoms with E-state index < -0.39 is 0 Å². The average molecular weight is 172 g/mol. The second-order valence-corrected chi connectivity index (χ2v) is 3.27. The summed E-state index contributed by atoms with van der Waals surface area (Å²) in [5, 5.41) is 0. The molecule has 0 bridgehead atoms. The lowest BCUT2D eigenvalue weighted by molar-refractivity contribution is 0.0442. The van der Waals surface area contributed by atoms with Crippen molar-refractivity contribution in [3.8, 4) is 0 Å². The van der Waals surface area contributed by atoms with Crippen LogP contribution < -0.4 is 5.48 Å². The van der Waals surface area contributed by atoms with Gasteiger partial charge in [-0.25, -0.2) is 5.48 Å². The van der Waals surface area contributed by atoms with Crippen molar-refractivity contribution < 1.29 is 4.84 Å². The van der Waals surface area contributed by atoms with E-state index in [0.717, 1.165) is 19.1 Å². The molecular weight excluding hydrogens is 152 g/mol. The van der Waals surface area contributed by atoms with E-state index in [0.29, 0.717) is 0 Å². The zero-order chi connectivity index (χ0) is 8.81. The van der Waals surface area contributed by atoms with Crippen molar-refractivity contribution in [2.75, 3.05) is 26.7 Å². The minimum atomic E-state index is 0.767. The van der Waals surface area contributed by atoms with Crippen LogP contribution in [0.15, 0.2) is 0 Å². The van der Waals surface area contributed by atoms with Gasteiger partial charge in [0.25, 0.3) is 0 Å². The molecule has 1 rings (SSSR count). The van der Waals surface area contributed by atoms with Crippen molar-refractivity contribution in [3.63, 3.8) is 0 Å². The Morgan fingerprint density at radius 2 is 2.42 bits per heavy atom. The SMILES string of the molecule is CCN1CCCC1CCONC. The molecule has 0 aromatic carbocycles. The van der Waals surface area contributed by atoms with Crippen LogP contribution in [0.1, 0.15) is 26.2 Å². The molecule has 0 amide bonds. The van der Waals surface area contributed by atoms with Crippen LogP contribution in [0.3, 0.4) is 0 Å². The number of hydrogen-bond acceptors (Lipinski definition) is 3. The van der Waals surface area contributed by atoms with Crippen LogP contribution in [-0.2, 0) is 4.84 Å². The van der Waals surface area contributed by atoms with Gasteiger partial charge in [0.05, 0.1) is 6.61 Å². The van der Waals surface area contributed by atoms with Crippen LogP contribution in [0, 0.1) is 0 Å². The monoisotopic (exact) mass is 172 g/mol. The van der Waals surface area contributed by atoms with Crippen LogP contribution >= 0.6 is 0 Å². The lowest BCUT2D eigenvalue weighted by Gasteiger charge is -2.22. The number of hydroxylamine groups is 1. The Balaban J connectivity index is 2.12. The minimum absolute atomic E-state index is 0.767. The Labute approximate surface area is 75.0 Å². The Bertz CT molecular complexity index is 119. The predicted molar refractivity (Wildman–Crippen MR) is 49.9 cm³/mol. The molecule has 1 atom stereocenters. The average Bonchev–Trinajstić information content (AvgIpc) is 2.52. The summed E-state index contributed by atoms with van der Waals surface area (Å²) >= 11 is 0. The third kappa shape index (κ3) is 2.73. The second kappa shape index (κ2) is 5.51. The lowest BCUT2D eigenvalue weighted by Crippen LogP contribution is -2.30. The largest absolute Gasteiger partial charge is 0.302 e. The Morgan fingerprint density at radius 1 is 1.58 bits per heavy atom. The van der Waals surface area contributed by atoms with E-state index in [1.807, 2.05) is 7.05 Å². The predicted octanol–water partition coefficient (Wildman–Crippen LogP) is 1.01. The van der Waals surface area contributed by atoms with Gasteiger partial charge < -0.3 is 9.74 Å². The van der Waals surface area contributed by atoms with Crippen LogP contribution in [0.5, 0.6) is 0 Å². The summed E-state index contributed by atoms with van der Waals surface area (Å²) in [5.74, 6) is 0. The third-order valence-corrected chi connectivity index (χ3v) is 2.60. The standard InChI is InChI=1S/C9H20N2O/c1-3-11-7-4-5-9(11)6-8-12-10-2/h9-10H,3-8H2,1-2H3. The molecule has 3 nitrogen and oxygen atoms in total. The van der Waals surface area contributed by atoms with Crippen LogP contribution in [-0.4, -0.2) is 37.7 Å². The fraction of sp³-hybridized carbons (Fsp3) is 1.00. The molecule has 3 heteroatoms. The summed E-state index contributed by atoms with van der Waals surface area (Å²) in [6, 6.07) is 0.767. The molecule has 1 fully saturated rings. The smallest absolute Gasteiger partial charge is 0.0696 e. The van der Waals surface area contributed by atoms with E-state index in [1.165, 1.54) is 25.9 Å². The van der Waals surface area contributed by atoms with Gasteiger partial charge in [-0.05, 0) is 32.4 Å². The maximum atomic E-state index is 5.11. The highest BCUT2D eigenvalue weighted by Crippen LogP contribution is 2.18. The maximum Gasteiger partial charge on any atom is 0.0696 e. The molecule has 1 heterocycles. The molecule has 0 radical (unpaired) electrons. The molecule has 1 aliphatic heterocycles. The first-order chi connectivity index (χ1) is 5.88. The highest BCUT2D eigenvalue weighted by molar-refractivity contribution is 4.77. The van der Waals surface area contributed by atoms with E-state index in [4.69, 9.17) is 4.84 Å². The van der Waals surface area contributed by atoms with Crippen molar-refractivity contribution in [2.24, 2.45) is 0 Å². The van der Waals surface area contributed by atoms with Crippen molar-refractivity contribution in [1.82, 2.24) is 10.4 Å². The number of hydrogen-bond donors (Lipinski definition) is 1. The Morgan fingerprint density at radius 3 is 3.08 bits per heavy atom. The normalized spacial score (nSPS) is 25.0. The summed E-state index contributed by atoms with van der Waals surface area (Å²) in [6.07, 6.45) is 3.87. The van der Waals surface area contributed by atoms with E-state index in [1.54, 1.807) is 0 Å². The summed E-state index contributed by atoms with van der Waals surface area (Å²) in [5.41, 5.74) is 2.71. The summed E-state index contributed by atoms with van der Waals surface area (Å²) < 4.78 is 0. The van der Waals surface area contributed by atoms with E-state index >= 15 is 0 Å². The van der Waals surface area contributed by atoms with Gasteiger partial charge in [-0.3, -0.25) is 0 Å². The fourth-order valence-corrected chi connectivity index (χ4v) is 1.94. The van der Waals surface area contributed by atoms with Crippen LogP contribution in [0.4, 0.5) is 0 Å². The zero-order valence-electron chi connectivity index (χ0n) is 8.18. The van der Waals surface area contributed by atoms with E-state index in [2.05, 4.69) is 17.3 Å². The van der Waals surface area contributed by atoms with Gasteiger partial charge >= 0.3 is 0 Å². The second-order valence-electron chi connectivity index (χ2n) is 3.27. The quantitative estimate of drug-likeness (QED) is 0.495. The van der Waals surface area contributed by atoms with E-state index in [-0.39, 0.29) is 0 Å². The number of nitrogens with one attached hydrogen (secondary N) is 1. The molecule has 0 aromatic rings. The first kappa shape index (κ1) is 9.96. The fourth-order valence-electron chi connectivity index (χ4n) is 1.94. The first-order valence-electron chi connectivity index (χ1n) is 4.91. The molecule has 1 saturated heterocycles. The molecule has 0 aromatic heterocycles. The summed E-state index contributed by atoms with van der Waals surface area (Å²) in [4.78, 5) is 7.65. The maximum absolute atomic E-state index is 5.11. The topological polar surface area (TPSA) is 24.5 Å². The number of likely N-dealkylation sites (tertiary alicyclic amines) is 1. The molecule has 0 saturated carbocycles. The highest BCUT2D eigenvalue weighted by atomic mass is 16.6. The highest BCUT2D eigenvalue weighted by Gasteiger charge is 2.21. The molecule has 1 unspecified atom stereocenters. The molecule has 0 aliphatic carbocycles. The summed E-state index contributed by atoms with van der Waals surface area (Å²) in [7, 11) is 1.81. The minimum Gasteiger partial charge on any atom is -0.302 e. The van der Waals surface area contributed by atoms with Crippen molar-refractivity contribution >= 4 is 0 Å². The molecular formula is C9H20N2O. The molecule has 12 heavy (non-hydrogen) atoms. The zero-order valence-corrected chi connectivity index (χ0v) is 8.18. The van der Waals surface area contributed by atoms with Crippen molar-refractivity contribution in [1.29, 1.82) is 0 Å². The van der Waals surface area contributed by atoms with Gasteiger partial charge in [-0.2, -0.15) is 0 Å².